The van der Waals surface area contributed by atoms with Gasteiger partial charge in [-0.2, -0.15) is 0 Å². The van der Waals surface area contributed by atoms with E-state index in [1.807, 2.05) is 12.4 Å². The molecular weight excluding hydrogens is 210 g/mol. The SMILES string of the molecule is CN(C)Cc1ccccc1NCc1cc[nH]c1. The van der Waals surface area contributed by atoms with Crippen molar-refractivity contribution in [3.8, 4) is 0 Å². The predicted octanol–water partition coefficient (Wildman–Crippen LogP) is 2.69. The average Bonchev–Trinajstić information content (AvgIpc) is 2.80. The Morgan fingerprint density at radius 2 is 2.00 bits per heavy atom. The maximum atomic E-state index is 3.47. The highest BCUT2D eigenvalue weighted by Gasteiger charge is 2.02. The number of aromatic amines is 1. The van der Waals surface area contributed by atoms with E-state index in [0.29, 0.717) is 0 Å². The van der Waals surface area contributed by atoms with Crippen molar-refractivity contribution in [3.05, 3.63) is 53.9 Å². The summed E-state index contributed by atoms with van der Waals surface area (Å²) >= 11 is 0. The number of hydrogen-bond donors (Lipinski definition) is 2. The van der Waals surface area contributed by atoms with Gasteiger partial charge in [0.2, 0.25) is 0 Å². The van der Waals surface area contributed by atoms with Gasteiger partial charge in [-0.05, 0) is 37.4 Å². The van der Waals surface area contributed by atoms with Crippen LogP contribution in [0.4, 0.5) is 5.69 Å². The second kappa shape index (κ2) is 5.55. The molecule has 2 rings (SSSR count). The molecule has 1 aromatic carbocycles. The number of H-pyrrole nitrogens is 1. The molecule has 3 nitrogen and oxygen atoms in total. The Hall–Kier alpha value is -1.74. The van der Waals surface area contributed by atoms with Gasteiger partial charge in [0, 0.05) is 31.2 Å². The molecule has 0 atom stereocenters. The maximum absolute atomic E-state index is 3.47. The van der Waals surface area contributed by atoms with Gasteiger partial charge in [-0.25, -0.2) is 0 Å². The van der Waals surface area contributed by atoms with Crippen LogP contribution in [0.3, 0.4) is 0 Å². The van der Waals surface area contributed by atoms with Crippen LogP contribution in [0.5, 0.6) is 0 Å². The van der Waals surface area contributed by atoms with Crippen LogP contribution >= 0.6 is 0 Å². The van der Waals surface area contributed by atoms with Crippen molar-refractivity contribution in [3.63, 3.8) is 0 Å². The van der Waals surface area contributed by atoms with E-state index in [9.17, 15) is 0 Å². The van der Waals surface area contributed by atoms with Crippen LogP contribution in [-0.4, -0.2) is 24.0 Å². The summed E-state index contributed by atoms with van der Waals surface area (Å²) in [5.41, 5.74) is 3.81. The molecule has 0 aliphatic heterocycles. The summed E-state index contributed by atoms with van der Waals surface area (Å²) in [5, 5.41) is 3.47. The van der Waals surface area contributed by atoms with Crippen molar-refractivity contribution in [2.45, 2.75) is 13.1 Å². The number of nitrogens with one attached hydrogen (secondary N) is 2. The summed E-state index contributed by atoms with van der Waals surface area (Å²) in [5.74, 6) is 0. The number of benzene rings is 1. The minimum Gasteiger partial charge on any atom is -0.381 e. The fourth-order valence-corrected chi connectivity index (χ4v) is 1.84. The zero-order chi connectivity index (χ0) is 12.1. The summed E-state index contributed by atoms with van der Waals surface area (Å²) in [6.07, 6.45) is 3.96. The zero-order valence-corrected chi connectivity index (χ0v) is 10.4. The lowest BCUT2D eigenvalue weighted by Crippen LogP contribution is -2.12. The number of anilines is 1. The van der Waals surface area contributed by atoms with Crippen LogP contribution in [-0.2, 0) is 13.1 Å². The van der Waals surface area contributed by atoms with Crippen molar-refractivity contribution in [2.24, 2.45) is 0 Å². The van der Waals surface area contributed by atoms with E-state index in [1.165, 1.54) is 16.8 Å². The molecule has 1 aromatic heterocycles. The van der Waals surface area contributed by atoms with Crippen molar-refractivity contribution in [1.29, 1.82) is 0 Å². The number of para-hydroxylation sites is 1. The molecule has 2 aromatic rings. The van der Waals surface area contributed by atoms with E-state index >= 15 is 0 Å². The summed E-state index contributed by atoms with van der Waals surface area (Å²) in [4.78, 5) is 5.24. The Labute approximate surface area is 102 Å². The second-order valence-corrected chi connectivity index (χ2v) is 4.47. The summed E-state index contributed by atoms with van der Waals surface area (Å²) in [6, 6.07) is 10.5. The first-order valence-electron chi connectivity index (χ1n) is 5.84. The van der Waals surface area contributed by atoms with Gasteiger partial charge in [-0.1, -0.05) is 18.2 Å². The molecule has 2 N–H and O–H groups in total. The molecule has 0 aliphatic carbocycles. The van der Waals surface area contributed by atoms with Crippen LogP contribution in [0.1, 0.15) is 11.1 Å². The van der Waals surface area contributed by atoms with Crippen LogP contribution in [0.25, 0.3) is 0 Å². The molecule has 17 heavy (non-hydrogen) atoms. The fraction of sp³-hybridized carbons (Fsp3) is 0.286. The standard InChI is InChI=1S/C14H19N3/c1-17(2)11-13-5-3-4-6-14(13)16-10-12-7-8-15-9-12/h3-9,15-16H,10-11H2,1-2H3. The molecular formula is C14H19N3. The Bertz CT molecular complexity index is 446. The van der Waals surface area contributed by atoms with E-state index in [4.69, 9.17) is 0 Å². The Kier molecular flexibility index (Phi) is 3.83. The van der Waals surface area contributed by atoms with Crippen LogP contribution in [0.2, 0.25) is 0 Å². The van der Waals surface area contributed by atoms with Crippen LogP contribution < -0.4 is 5.32 Å². The molecule has 0 amide bonds. The third-order valence-corrected chi connectivity index (χ3v) is 2.65. The molecule has 1 heterocycles. The van der Waals surface area contributed by atoms with Gasteiger partial charge in [-0.15, -0.1) is 0 Å². The van der Waals surface area contributed by atoms with Crippen molar-refractivity contribution in [2.75, 3.05) is 19.4 Å². The lowest BCUT2D eigenvalue weighted by molar-refractivity contribution is 0.403. The first-order chi connectivity index (χ1) is 8.25. The first-order valence-corrected chi connectivity index (χ1v) is 5.84. The minimum atomic E-state index is 0.855. The third kappa shape index (κ3) is 3.36. The monoisotopic (exact) mass is 229 g/mol. The smallest absolute Gasteiger partial charge is 0.0415 e. The number of hydrogen-bond acceptors (Lipinski definition) is 2. The maximum Gasteiger partial charge on any atom is 0.0415 e. The lowest BCUT2D eigenvalue weighted by Gasteiger charge is -2.15. The van der Waals surface area contributed by atoms with Crippen LogP contribution in [0, 0.1) is 0 Å². The van der Waals surface area contributed by atoms with Gasteiger partial charge in [0.1, 0.15) is 0 Å². The number of nitrogens with zero attached hydrogens (tertiary/aromatic N) is 1. The van der Waals surface area contributed by atoms with E-state index in [0.717, 1.165) is 13.1 Å². The molecule has 0 radical (unpaired) electrons. The van der Waals surface area contributed by atoms with Crippen molar-refractivity contribution in [1.82, 2.24) is 9.88 Å². The molecule has 0 fully saturated rings. The minimum absolute atomic E-state index is 0.855. The van der Waals surface area contributed by atoms with E-state index < -0.39 is 0 Å². The average molecular weight is 229 g/mol. The van der Waals surface area contributed by atoms with Crippen molar-refractivity contribution >= 4 is 5.69 Å². The number of aromatic nitrogens is 1. The molecule has 0 saturated heterocycles. The molecule has 0 aliphatic rings. The van der Waals surface area contributed by atoms with Gasteiger partial charge in [0.15, 0.2) is 0 Å². The van der Waals surface area contributed by atoms with E-state index in [-0.39, 0.29) is 0 Å². The highest BCUT2D eigenvalue weighted by atomic mass is 15.1. The molecule has 0 unspecified atom stereocenters. The normalized spacial score (nSPS) is 10.8. The number of rotatable bonds is 5. The summed E-state index contributed by atoms with van der Waals surface area (Å²) in [7, 11) is 4.17. The topological polar surface area (TPSA) is 31.1 Å². The van der Waals surface area contributed by atoms with Gasteiger partial charge < -0.3 is 15.2 Å². The Morgan fingerprint density at radius 1 is 1.18 bits per heavy atom. The first kappa shape index (κ1) is 11.7. The van der Waals surface area contributed by atoms with E-state index in [1.54, 1.807) is 0 Å². The van der Waals surface area contributed by atoms with Crippen molar-refractivity contribution < 1.29 is 0 Å². The lowest BCUT2D eigenvalue weighted by atomic mass is 10.1. The molecule has 90 valence electrons. The summed E-state index contributed by atoms with van der Waals surface area (Å²) < 4.78 is 0. The Balaban J connectivity index is 2.04. The molecule has 0 bridgehead atoms. The fourth-order valence-electron chi connectivity index (χ4n) is 1.84. The third-order valence-electron chi connectivity index (χ3n) is 2.65. The van der Waals surface area contributed by atoms with Crippen LogP contribution in [0.15, 0.2) is 42.7 Å². The van der Waals surface area contributed by atoms with Gasteiger partial charge in [0.25, 0.3) is 0 Å². The highest BCUT2D eigenvalue weighted by Crippen LogP contribution is 2.17. The summed E-state index contributed by atoms with van der Waals surface area (Å²) in [6.45, 7) is 1.81. The highest BCUT2D eigenvalue weighted by molar-refractivity contribution is 5.51. The Morgan fingerprint density at radius 3 is 2.71 bits per heavy atom. The molecule has 0 saturated carbocycles. The second-order valence-electron chi connectivity index (χ2n) is 4.47. The van der Waals surface area contributed by atoms with Gasteiger partial charge in [-0.3, -0.25) is 0 Å². The predicted molar refractivity (Wildman–Crippen MR) is 72.0 cm³/mol. The molecule has 3 heteroatoms. The van der Waals surface area contributed by atoms with E-state index in [2.05, 4.69) is 59.6 Å². The quantitative estimate of drug-likeness (QED) is 0.826. The molecule has 0 spiro atoms. The van der Waals surface area contributed by atoms with Gasteiger partial charge in [0.05, 0.1) is 0 Å². The zero-order valence-electron chi connectivity index (χ0n) is 10.4. The van der Waals surface area contributed by atoms with Gasteiger partial charge >= 0.3 is 0 Å². The largest absolute Gasteiger partial charge is 0.381 e.